The molecular formula is C27H26Cl2N2O2S. The molecule has 176 valence electrons. The number of benzene rings is 3. The normalized spacial score (nSPS) is 14.0. The summed E-state index contributed by atoms with van der Waals surface area (Å²) in [5.74, 6) is 0.979. The molecule has 1 fully saturated rings. The summed E-state index contributed by atoms with van der Waals surface area (Å²) in [6, 6.07) is 23.3. The van der Waals surface area contributed by atoms with Crippen LogP contribution in [0, 0.1) is 5.92 Å². The summed E-state index contributed by atoms with van der Waals surface area (Å²) in [6.45, 7) is 1.81. The number of anilines is 1. The predicted octanol–water partition coefficient (Wildman–Crippen LogP) is 6.64. The molecule has 1 aliphatic rings. The number of carbonyl (C=O) groups excluding carboxylic acids is 1. The Morgan fingerprint density at radius 1 is 0.971 bits per heavy atom. The molecule has 0 saturated carbocycles. The molecular weight excluding hydrogens is 487 g/mol. The fraction of sp³-hybridized carbons (Fsp3) is 0.259. The van der Waals surface area contributed by atoms with Crippen molar-refractivity contribution in [1.82, 2.24) is 4.90 Å². The number of nitrogens with one attached hydrogen (secondary N) is 1. The van der Waals surface area contributed by atoms with Crippen LogP contribution < -0.4 is 10.1 Å². The SMILES string of the molecule is O=C(COc1ccc(C(=S)N2CCC(Cc3ccccc3)CC2)cc1)Nc1cccc(Cl)c1Cl. The number of carbonyl (C=O) groups is 1. The molecule has 1 saturated heterocycles. The molecule has 4 nitrogen and oxygen atoms in total. The van der Waals surface area contributed by atoms with E-state index in [9.17, 15) is 4.79 Å². The second-order valence-corrected chi connectivity index (χ2v) is 9.56. The summed E-state index contributed by atoms with van der Waals surface area (Å²) in [4.78, 5) is 15.4. The quantitative estimate of drug-likeness (QED) is 0.360. The number of hydrogen-bond acceptors (Lipinski definition) is 3. The molecule has 1 aliphatic heterocycles. The summed E-state index contributed by atoms with van der Waals surface area (Å²) < 4.78 is 5.62. The van der Waals surface area contributed by atoms with Gasteiger partial charge in [0.2, 0.25) is 0 Å². The topological polar surface area (TPSA) is 41.6 Å². The van der Waals surface area contributed by atoms with Gasteiger partial charge in [-0.15, -0.1) is 0 Å². The summed E-state index contributed by atoms with van der Waals surface area (Å²) >= 11 is 17.8. The van der Waals surface area contributed by atoms with E-state index in [2.05, 4.69) is 40.5 Å². The van der Waals surface area contributed by atoms with Gasteiger partial charge in [-0.1, -0.05) is 71.8 Å². The van der Waals surface area contributed by atoms with Gasteiger partial charge in [0, 0.05) is 18.7 Å². The highest BCUT2D eigenvalue weighted by Gasteiger charge is 2.22. The zero-order valence-corrected chi connectivity index (χ0v) is 21.0. The monoisotopic (exact) mass is 512 g/mol. The predicted molar refractivity (Wildman–Crippen MR) is 143 cm³/mol. The molecule has 34 heavy (non-hydrogen) atoms. The van der Waals surface area contributed by atoms with Crippen LogP contribution in [0.4, 0.5) is 5.69 Å². The average molecular weight is 513 g/mol. The standard InChI is InChI=1S/C27H26Cl2N2O2S/c28-23-7-4-8-24(26(23)29)30-25(32)18-33-22-11-9-21(10-12-22)27(34)31-15-13-20(14-16-31)17-19-5-2-1-3-6-19/h1-12,20H,13-18H2,(H,30,32). The van der Waals surface area contributed by atoms with Crippen molar-refractivity contribution in [3.8, 4) is 5.75 Å². The van der Waals surface area contributed by atoms with Crippen LogP contribution in [0.15, 0.2) is 72.8 Å². The highest BCUT2D eigenvalue weighted by atomic mass is 35.5. The molecule has 0 aromatic heterocycles. The Morgan fingerprint density at radius 3 is 2.38 bits per heavy atom. The first kappa shape index (κ1) is 24.5. The van der Waals surface area contributed by atoms with Gasteiger partial charge >= 0.3 is 0 Å². The van der Waals surface area contributed by atoms with Crippen LogP contribution in [-0.4, -0.2) is 35.5 Å². The number of rotatable bonds is 7. The second kappa shape index (κ2) is 11.7. The van der Waals surface area contributed by atoms with Crippen molar-refractivity contribution in [2.45, 2.75) is 19.3 Å². The number of likely N-dealkylation sites (tertiary alicyclic amines) is 1. The lowest BCUT2D eigenvalue weighted by Gasteiger charge is -2.34. The van der Waals surface area contributed by atoms with E-state index in [1.165, 1.54) is 5.56 Å². The van der Waals surface area contributed by atoms with Gasteiger partial charge < -0.3 is 15.0 Å². The van der Waals surface area contributed by atoms with Crippen molar-refractivity contribution in [2.24, 2.45) is 5.92 Å². The Bertz CT molecular complexity index is 1130. The van der Waals surface area contributed by atoms with Gasteiger partial charge in [0.25, 0.3) is 5.91 Å². The van der Waals surface area contributed by atoms with Crippen molar-refractivity contribution in [1.29, 1.82) is 0 Å². The maximum absolute atomic E-state index is 12.2. The third-order valence-electron chi connectivity index (χ3n) is 5.97. The molecule has 7 heteroatoms. The maximum Gasteiger partial charge on any atom is 0.262 e. The molecule has 0 bridgehead atoms. The van der Waals surface area contributed by atoms with Gasteiger partial charge in [-0.25, -0.2) is 0 Å². The van der Waals surface area contributed by atoms with Gasteiger partial charge in [-0.05, 0) is 67.1 Å². The molecule has 3 aromatic carbocycles. The van der Waals surface area contributed by atoms with Gasteiger partial charge in [-0.3, -0.25) is 4.79 Å². The van der Waals surface area contributed by atoms with Gasteiger partial charge in [0.15, 0.2) is 6.61 Å². The smallest absolute Gasteiger partial charge is 0.262 e. The van der Waals surface area contributed by atoms with Crippen LogP contribution in [0.2, 0.25) is 10.0 Å². The van der Waals surface area contributed by atoms with Crippen molar-refractivity contribution >= 4 is 52.0 Å². The minimum absolute atomic E-state index is 0.137. The Morgan fingerprint density at radius 2 is 1.68 bits per heavy atom. The molecule has 0 radical (unpaired) electrons. The zero-order valence-electron chi connectivity index (χ0n) is 18.7. The molecule has 0 aliphatic carbocycles. The summed E-state index contributed by atoms with van der Waals surface area (Å²) in [5.41, 5.74) is 2.85. The van der Waals surface area contributed by atoms with Crippen LogP contribution >= 0.6 is 35.4 Å². The third kappa shape index (κ3) is 6.50. The third-order valence-corrected chi connectivity index (χ3v) is 7.28. The van der Waals surface area contributed by atoms with E-state index in [1.807, 2.05) is 24.3 Å². The van der Waals surface area contributed by atoms with Crippen LogP contribution in [-0.2, 0) is 11.2 Å². The number of ether oxygens (including phenoxy) is 1. The summed E-state index contributed by atoms with van der Waals surface area (Å²) in [6.07, 6.45) is 3.41. The minimum atomic E-state index is -0.317. The lowest BCUT2D eigenvalue weighted by atomic mass is 9.90. The minimum Gasteiger partial charge on any atom is -0.484 e. The Kier molecular flexibility index (Phi) is 8.44. The highest BCUT2D eigenvalue weighted by Crippen LogP contribution is 2.29. The first-order valence-electron chi connectivity index (χ1n) is 11.3. The van der Waals surface area contributed by atoms with E-state index in [0.717, 1.165) is 42.9 Å². The average Bonchev–Trinajstić information content (AvgIpc) is 2.86. The molecule has 1 N–H and O–H groups in total. The van der Waals surface area contributed by atoms with Gasteiger partial charge in [0.05, 0.1) is 15.7 Å². The Labute approximate surface area is 215 Å². The number of amides is 1. The molecule has 1 heterocycles. The van der Waals surface area contributed by atoms with Crippen molar-refractivity contribution < 1.29 is 9.53 Å². The second-order valence-electron chi connectivity index (χ2n) is 8.39. The fourth-order valence-corrected chi connectivity index (χ4v) is 4.77. The summed E-state index contributed by atoms with van der Waals surface area (Å²) in [5, 5.41) is 3.39. The largest absolute Gasteiger partial charge is 0.484 e. The fourth-order valence-electron chi connectivity index (χ4n) is 4.10. The Balaban J connectivity index is 1.24. The number of halogens is 2. The van der Waals surface area contributed by atoms with E-state index in [4.69, 9.17) is 40.2 Å². The molecule has 0 atom stereocenters. The van der Waals surface area contributed by atoms with E-state index >= 15 is 0 Å². The van der Waals surface area contributed by atoms with Crippen LogP contribution in [0.25, 0.3) is 0 Å². The van der Waals surface area contributed by atoms with Gasteiger partial charge in [0.1, 0.15) is 10.7 Å². The molecule has 3 aromatic rings. The van der Waals surface area contributed by atoms with Crippen LogP contribution in [0.3, 0.4) is 0 Å². The number of piperidine rings is 1. The molecule has 0 unspecified atom stereocenters. The van der Waals surface area contributed by atoms with Crippen molar-refractivity contribution in [3.05, 3.63) is 94.0 Å². The molecule has 0 spiro atoms. The van der Waals surface area contributed by atoms with Crippen LogP contribution in [0.1, 0.15) is 24.0 Å². The van der Waals surface area contributed by atoms with Gasteiger partial charge in [-0.2, -0.15) is 0 Å². The number of hydrogen-bond donors (Lipinski definition) is 1. The first-order chi connectivity index (χ1) is 16.5. The first-order valence-corrected chi connectivity index (χ1v) is 12.5. The highest BCUT2D eigenvalue weighted by molar-refractivity contribution is 7.80. The van der Waals surface area contributed by atoms with Crippen molar-refractivity contribution in [2.75, 3.05) is 25.0 Å². The maximum atomic E-state index is 12.2. The Hall–Kier alpha value is -2.60. The van der Waals surface area contributed by atoms with Crippen molar-refractivity contribution in [3.63, 3.8) is 0 Å². The van der Waals surface area contributed by atoms with E-state index < -0.39 is 0 Å². The van der Waals surface area contributed by atoms with E-state index in [1.54, 1.807) is 18.2 Å². The number of nitrogens with zero attached hydrogens (tertiary/aromatic N) is 1. The lowest BCUT2D eigenvalue weighted by Crippen LogP contribution is -2.38. The number of thiocarbonyl (C=S) groups is 1. The molecule has 1 amide bonds. The van der Waals surface area contributed by atoms with E-state index in [0.29, 0.717) is 27.4 Å². The molecule has 4 rings (SSSR count). The lowest BCUT2D eigenvalue weighted by molar-refractivity contribution is -0.118. The summed E-state index contributed by atoms with van der Waals surface area (Å²) in [7, 11) is 0. The van der Waals surface area contributed by atoms with E-state index in [-0.39, 0.29) is 12.5 Å². The van der Waals surface area contributed by atoms with Crippen LogP contribution in [0.5, 0.6) is 5.75 Å². The zero-order chi connectivity index (χ0) is 23.9.